The Kier molecular flexibility index (Phi) is 7.43. The Hall–Kier alpha value is -1.81. The molecule has 0 radical (unpaired) electrons. The Labute approximate surface area is 121 Å². The molecule has 0 aliphatic heterocycles. The molecule has 0 unspecified atom stereocenters. The summed E-state index contributed by atoms with van der Waals surface area (Å²) in [6, 6.07) is 7.91. The summed E-state index contributed by atoms with van der Waals surface area (Å²) in [5, 5.41) is 6.16. The number of benzene rings is 1. The van der Waals surface area contributed by atoms with Crippen LogP contribution in [0.4, 0.5) is 0 Å². The molecule has 1 amide bonds. The lowest BCUT2D eigenvalue weighted by Crippen LogP contribution is -2.34. The lowest BCUT2D eigenvalue weighted by Gasteiger charge is -2.12. The Bertz CT molecular complexity index is 430. The molecule has 0 heterocycles. The van der Waals surface area contributed by atoms with Crippen LogP contribution in [-0.4, -0.2) is 25.6 Å². The quantitative estimate of drug-likeness (QED) is 0.536. The first kappa shape index (κ1) is 16.2. The first-order valence-corrected chi connectivity index (χ1v) is 6.95. The van der Waals surface area contributed by atoms with Gasteiger partial charge in [0, 0.05) is 31.1 Å². The molecule has 1 rings (SSSR count). The van der Waals surface area contributed by atoms with Gasteiger partial charge in [0.25, 0.3) is 0 Å². The van der Waals surface area contributed by atoms with Crippen molar-refractivity contribution >= 4 is 5.91 Å². The molecule has 1 aromatic rings. The van der Waals surface area contributed by atoms with Crippen molar-refractivity contribution in [1.29, 1.82) is 0 Å². The minimum atomic E-state index is 0.0306. The van der Waals surface area contributed by atoms with Gasteiger partial charge in [-0.2, -0.15) is 0 Å². The van der Waals surface area contributed by atoms with Crippen molar-refractivity contribution in [1.82, 2.24) is 10.6 Å². The predicted molar refractivity (Wildman–Crippen MR) is 81.7 cm³/mol. The highest BCUT2D eigenvalue weighted by molar-refractivity contribution is 5.77. The van der Waals surface area contributed by atoms with Gasteiger partial charge in [0.15, 0.2) is 0 Å². The van der Waals surface area contributed by atoms with Gasteiger partial charge in [-0.1, -0.05) is 44.7 Å². The summed E-state index contributed by atoms with van der Waals surface area (Å²) in [4.78, 5) is 11.4. The van der Waals surface area contributed by atoms with E-state index in [2.05, 4.69) is 17.2 Å². The van der Waals surface area contributed by atoms with Gasteiger partial charge in [0.05, 0.1) is 0 Å². The zero-order valence-electron chi connectivity index (χ0n) is 12.3. The third-order valence-corrected chi connectivity index (χ3v) is 2.77. The van der Waals surface area contributed by atoms with Crippen LogP contribution in [0.25, 0.3) is 0 Å². The van der Waals surface area contributed by atoms with Crippen molar-refractivity contribution in [2.75, 3.05) is 19.7 Å². The second kappa shape index (κ2) is 9.15. The summed E-state index contributed by atoms with van der Waals surface area (Å²) in [5.74, 6) is 0.982. The lowest BCUT2D eigenvalue weighted by molar-refractivity contribution is -0.123. The van der Waals surface area contributed by atoms with Gasteiger partial charge in [0.2, 0.25) is 5.91 Å². The van der Waals surface area contributed by atoms with E-state index in [1.807, 2.05) is 38.1 Å². The number of ether oxygens (including phenoxy) is 1. The summed E-state index contributed by atoms with van der Waals surface area (Å²) >= 11 is 0. The first-order valence-electron chi connectivity index (χ1n) is 6.95. The summed E-state index contributed by atoms with van der Waals surface area (Å²) in [5.41, 5.74) is 1.10. The molecule has 0 saturated carbocycles. The summed E-state index contributed by atoms with van der Waals surface area (Å²) < 4.78 is 5.59. The highest BCUT2D eigenvalue weighted by Gasteiger charge is 2.05. The van der Waals surface area contributed by atoms with E-state index < -0.39 is 0 Å². The van der Waals surface area contributed by atoms with E-state index >= 15 is 0 Å². The zero-order chi connectivity index (χ0) is 14.8. The number of para-hydroxylation sites is 1. The van der Waals surface area contributed by atoms with Gasteiger partial charge in [-0.25, -0.2) is 0 Å². The molecule has 0 aliphatic rings. The molecular weight excluding hydrogens is 252 g/mol. The van der Waals surface area contributed by atoms with Gasteiger partial charge in [0.1, 0.15) is 12.4 Å². The van der Waals surface area contributed by atoms with E-state index in [1.165, 1.54) is 0 Å². The lowest BCUT2D eigenvalue weighted by atomic mass is 10.2. The molecule has 0 aromatic heterocycles. The molecule has 0 spiro atoms. The van der Waals surface area contributed by atoms with E-state index in [9.17, 15) is 4.79 Å². The third kappa shape index (κ3) is 5.89. The zero-order valence-corrected chi connectivity index (χ0v) is 12.3. The van der Waals surface area contributed by atoms with Gasteiger partial charge in [-0.05, 0) is 6.07 Å². The SMILES string of the molecule is C=CCOc1ccccc1CNCCNC(=O)C(C)C. The standard InChI is InChI=1S/C16H24N2O2/c1-4-11-20-15-8-6-5-7-14(15)12-17-9-10-18-16(19)13(2)3/h4-8,13,17H,1,9-12H2,2-3H3,(H,18,19). The maximum absolute atomic E-state index is 11.4. The van der Waals surface area contributed by atoms with Crippen LogP contribution in [0.5, 0.6) is 5.75 Å². The van der Waals surface area contributed by atoms with Crippen LogP contribution in [0.1, 0.15) is 19.4 Å². The number of carbonyl (C=O) groups is 1. The predicted octanol–water partition coefficient (Wildman–Crippen LogP) is 2.11. The molecule has 4 nitrogen and oxygen atoms in total. The van der Waals surface area contributed by atoms with Crippen LogP contribution in [0, 0.1) is 5.92 Å². The number of nitrogens with one attached hydrogen (secondary N) is 2. The number of amides is 1. The van der Waals surface area contributed by atoms with Crippen molar-refractivity contribution in [3.8, 4) is 5.75 Å². The van der Waals surface area contributed by atoms with Crippen molar-refractivity contribution in [3.05, 3.63) is 42.5 Å². The molecule has 0 fully saturated rings. The second-order valence-electron chi connectivity index (χ2n) is 4.83. The summed E-state index contributed by atoms with van der Waals surface area (Å²) in [6.07, 6.45) is 1.73. The Morgan fingerprint density at radius 2 is 2.10 bits per heavy atom. The average Bonchev–Trinajstić information content (AvgIpc) is 2.45. The molecule has 0 saturated heterocycles. The number of rotatable bonds is 9. The topological polar surface area (TPSA) is 50.4 Å². The second-order valence-corrected chi connectivity index (χ2v) is 4.83. The van der Waals surface area contributed by atoms with E-state index in [1.54, 1.807) is 6.08 Å². The first-order chi connectivity index (χ1) is 9.65. The van der Waals surface area contributed by atoms with Crippen LogP contribution >= 0.6 is 0 Å². The molecule has 2 N–H and O–H groups in total. The number of hydrogen-bond acceptors (Lipinski definition) is 3. The van der Waals surface area contributed by atoms with Crippen LogP contribution in [0.2, 0.25) is 0 Å². The van der Waals surface area contributed by atoms with E-state index in [4.69, 9.17) is 4.74 Å². The highest BCUT2D eigenvalue weighted by Crippen LogP contribution is 2.17. The van der Waals surface area contributed by atoms with Crippen LogP contribution in [0.15, 0.2) is 36.9 Å². The van der Waals surface area contributed by atoms with Gasteiger partial charge in [-0.3, -0.25) is 4.79 Å². The highest BCUT2D eigenvalue weighted by atomic mass is 16.5. The van der Waals surface area contributed by atoms with Crippen molar-refractivity contribution < 1.29 is 9.53 Å². The normalized spacial score (nSPS) is 10.3. The van der Waals surface area contributed by atoms with Crippen molar-refractivity contribution in [3.63, 3.8) is 0 Å². The van der Waals surface area contributed by atoms with Crippen LogP contribution in [0.3, 0.4) is 0 Å². The van der Waals surface area contributed by atoms with Crippen LogP contribution in [-0.2, 0) is 11.3 Å². The minimum absolute atomic E-state index is 0.0306. The maximum atomic E-state index is 11.4. The Morgan fingerprint density at radius 1 is 1.35 bits per heavy atom. The number of carbonyl (C=O) groups excluding carboxylic acids is 1. The Balaban J connectivity index is 2.31. The molecule has 20 heavy (non-hydrogen) atoms. The van der Waals surface area contributed by atoms with Crippen LogP contribution < -0.4 is 15.4 Å². The van der Waals surface area contributed by atoms with E-state index in [0.29, 0.717) is 19.7 Å². The fourth-order valence-corrected chi connectivity index (χ4v) is 1.64. The maximum Gasteiger partial charge on any atom is 0.222 e. The molecule has 110 valence electrons. The van der Waals surface area contributed by atoms with Gasteiger partial charge < -0.3 is 15.4 Å². The Morgan fingerprint density at radius 3 is 2.80 bits per heavy atom. The minimum Gasteiger partial charge on any atom is -0.489 e. The summed E-state index contributed by atoms with van der Waals surface area (Å²) in [6.45, 7) is 9.99. The third-order valence-electron chi connectivity index (χ3n) is 2.77. The monoisotopic (exact) mass is 276 g/mol. The van der Waals surface area contributed by atoms with Gasteiger partial charge in [-0.15, -0.1) is 0 Å². The fourth-order valence-electron chi connectivity index (χ4n) is 1.64. The summed E-state index contributed by atoms with van der Waals surface area (Å²) in [7, 11) is 0. The molecule has 0 bridgehead atoms. The van der Waals surface area contributed by atoms with Crippen molar-refractivity contribution in [2.24, 2.45) is 5.92 Å². The molecule has 4 heteroatoms. The molecule has 0 aliphatic carbocycles. The van der Waals surface area contributed by atoms with Crippen molar-refractivity contribution in [2.45, 2.75) is 20.4 Å². The fraction of sp³-hybridized carbons (Fsp3) is 0.438. The van der Waals surface area contributed by atoms with E-state index in [0.717, 1.165) is 17.9 Å². The smallest absolute Gasteiger partial charge is 0.222 e. The largest absolute Gasteiger partial charge is 0.489 e. The molecular formula is C16H24N2O2. The van der Waals surface area contributed by atoms with Gasteiger partial charge >= 0.3 is 0 Å². The molecule has 0 atom stereocenters. The number of hydrogen-bond donors (Lipinski definition) is 2. The molecule has 1 aromatic carbocycles. The average molecular weight is 276 g/mol. The van der Waals surface area contributed by atoms with E-state index in [-0.39, 0.29) is 11.8 Å².